The molecule has 29 heavy (non-hydrogen) atoms. The van der Waals surface area contributed by atoms with Crippen molar-refractivity contribution in [1.29, 1.82) is 0 Å². The fraction of sp³-hybridized carbons (Fsp3) is 0.619. The van der Waals surface area contributed by atoms with E-state index in [1.54, 1.807) is 6.07 Å². The van der Waals surface area contributed by atoms with E-state index in [0.29, 0.717) is 36.6 Å². The van der Waals surface area contributed by atoms with Crippen LogP contribution in [0.3, 0.4) is 0 Å². The second-order valence-electron chi connectivity index (χ2n) is 8.11. The molecule has 0 radical (unpaired) electrons. The number of carbonyl (C=O) groups is 3. The molecule has 1 aromatic heterocycles. The van der Waals surface area contributed by atoms with Crippen molar-refractivity contribution < 1.29 is 14.4 Å². The first-order valence-corrected chi connectivity index (χ1v) is 10.8. The van der Waals surface area contributed by atoms with Crippen LogP contribution in [-0.4, -0.2) is 35.3 Å². The van der Waals surface area contributed by atoms with E-state index in [-0.39, 0.29) is 29.7 Å². The molecule has 0 unspecified atom stereocenters. The van der Waals surface area contributed by atoms with Gasteiger partial charge < -0.3 is 20.0 Å². The zero-order valence-corrected chi connectivity index (χ0v) is 17.2. The number of halogens is 1. The molecular formula is C21H28ClN3O4. The van der Waals surface area contributed by atoms with Gasteiger partial charge >= 0.3 is 0 Å². The van der Waals surface area contributed by atoms with Crippen molar-refractivity contribution in [3.05, 3.63) is 33.7 Å². The van der Waals surface area contributed by atoms with Gasteiger partial charge in [-0.05, 0) is 31.2 Å². The molecule has 8 heteroatoms. The molecule has 7 nitrogen and oxygen atoms in total. The van der Waals surface area contributed by atoms with Crippen LogP contribution in [-0.2, 0) is 14.4 Å². The Kier molecular flexibility index (Phi) is 7.47. The summed E-state index contributed by atoms with van der Waals surface area (Å²) in [4.78, 5) is 49.0. The fourth-order valence-electron chi connectivity index (χ4n) is 4.41. The molecular weight excluding hydrogens is 394 g/mol. The molecule has 1 saturated carbocycles. The van der Waals surface area contributed by atoms with Crippen LogP contribution in [0.15, 0.2) is 23.1 Å². The normalized spacial score (nSPS) is 22.0. The number of aldehydes is 1. The predicted octanol–water partition coefficient (Wildman–Crippen LogP) is 2.22. The maximum absolute atomic E-state index is 13.1. The molecule has 158 valence electrons. The van der Waals surface area contributed by atoms with Crippen LogP contribution in [0.4, 0.5) is 0 Å². The number of hydrogen-bond donors (Lipinski definition) is 2. The van der Waals surface area contributed by atoms with Crippen molar-refractivity contribution in [2.24, 2.45) is 11.8 Å². The molecule has 0 spiro atoms. The number of hydrogen-bond acceptors (Lipinski definition) is 4. The maximum atomic E-state index is 13.1. The summed E-state index contributed by atoms with van der Waals surface area (Å²) < 4.78 is 1.40. The van der Waals surface area contributed by atoms with Crippen LogP contribution >= 0.6 is 11.6 Å². The third-order valence-corrected chi connectivity index (χ3v) is 6.26. The summed E-state index contributed by atoms with van der Waals surface area (Å²) in [6, 6.07) is 1.42. The summed E-state index contributed by atoms with van der Waals surface area (Å²) in [6.07, 6.45) is 9.20. The van der Waals surface area contributed by atoms with Gasteiger partial charge in [-0.3, -0.25) is 14.4 Å². The molecule has 0 aromatic carbocycles. The van der Waals surface area contributed by atoms with Gasteiger partial charge in [-0.15, -0.1) is 0 Å². The van der Waals surface area contributed by atoms with E-state index < -0.39 is 12.1 Å². The van der Waals surface area contributed by atoms with Crippen LogP contribution in [0.5, 0.6) is 0 Å². The van der Waals surface area contributed by atoms with Gasteiger partial charge in [0.1, 0.15) is 12.3 Å². The number of pyridine rings is 1. The summed E-state index contributed by atoms with van der Waals surface area (Å²) >= 11 is 5.91. The third kappa shape index (κ3) is 5.69. The number of amides is 2. The Labute approximate surface area is 175 Å². The number of nitrogens with one attached hydrogen (secondary N) is 2. The summed E-state index contributed by atoms with van der Waals surface area (Å²) in [5.41, 5.74) is -0.341. The largest absolute Gasteiger partial charge is 0.356 e. The van der Waals surface area contributed by atoms with Gasteiger partial charge in [0.25, 0.3) is 5.56 Å². The summed E-state index contributed by atoms with van der Waals surface area (Å²) in [6.45, 7) is 0.591. The molecule has 1 aromatic rings. The van der Waals surface area contributed by atoms with Gasteiger partial charge in [-0.25, -0.2) is 0 Å². The average molecular weight is 422 g/mol. The smallest absolute Gasteiger partial charge is 0.252 e. The first-order valence-electron chi connectivity index (χ1n) is 10.4. The van der Waals surface area contributed by atoms with Gasteiger partial charge in [-0.2, -0.15) is 0 Å². The minimum Gasteiger partial charge on any atom is -0.356 e. The molecule has 2 N–H and O–H groups in total. The van der Waals surface area contributed by atoms with Gasteiger partial charge in [0.15, 0.2) is 0 Å². The highest BCUT2D eigenvalue weighted by Crippen LogP contribution is 2.31. The number of rotatable bonds is 8. The van der Waals surface area contributed by atoms with Crippen molar-refractivity contribution in [1.82, 2.24) is 15.2 Å². The van der Waals surface area contributed by atoms with Crippen molar-refractivity contribution >= 4 is 29.7 Å². The molecule has 2 aliphatic rings. The summed E-state index contributed by atoms with van der Waals surface area (Å²) in [5, 5.41) is 5.83. The van der Waals surface area contributed by atoms with Crippen LogP contribution in [0.1, 0.15) is 57.4 Å². The highest BCUT2D eigenvalue weighted by molar-refractivity contribution is 6.30. The topological polar surface area (TPSA) is 97.3 Å². The van der Waals surface area contributed by atoms with E-state index in [0.717, 1.165) is 25.7 Å². The number of carbonyl (C=O) groups excluding carboxylic acids is 3. The Balaban J connectivity index is 1.75. The quantitative estimate of drug-likeness (QED) is 0.629. The van der Waals surface area contributed by atoms with Crippen molar-refractivity contribution in [3.63, 3.8) is 0 Å². The number of aromatic nitrogens is 1. The van der Waals surface area contributed by atoms with E-state index in [2.05, 4.69) is 10.6 Å². The molecule has 3 atom stereocenters. The Morgan fingerprint density at radius 1 is 1.24 bits per heavy atom. The maximum Gasteiger partial charge on any atom is 0.252 e. The second-order valence-corrected chi connectivity index (χ2v) is 8.55. The van der Waals surface area contributed by atoms with E-state index in [1.165, 1.54) is 23.3 Å². The fourth-order valence-corrected chi connectivity index (χ4v) is 4.56. The summed E-state index contributed by atoms with van der Waals surface area (Å²) in [7, 11) is 0. The molecule has 1 saturated heterocycles. The first kappa shape index (κ1) is 21.6. The number of nitrogens with zero attached hydrogens (tertiary/aromatic N) is 1. The zero-order valence-electron chi connectivity index (χ0n) is 16.4. The van der Waals surface area contributed by atoms with E-state index in [1.807, 2.05) is 0 Å². The Morgan fingerprint density at radius 3 is 2.62 bits per heavy atom. The minimum atomic E-state index is -0.756. The highest BCUT2D eigenvalue weighted by Gasteiger charge is 2.31. The highest BCUT2D eigenvalue weighted by atomic mass is 35.5. The monoisotopic (exact) mass is 421 g/mol. The van der Waals surface area contributed by atoms with Crippen LogP contribution in [0.25, 0.3) is 0 Å². The van der Waals surface area contributed by atoms with E-state index >= 15 is 0 Å². The van der Waals surface area contributed by atoms with Crippen molar-refractivity contribution in [2.75, 3.05) is 6.54 Å². The van der Waals surface area contributed by atoms with Crippen molar-refractivity contribution in [2.45, 2.75) is 63.5 Å². The molecule has 0 bridgehead atoms. The Bertz CT molecular complexity index is 803. The molecule has 2 heterocycles. The molecule has 2 amide bonds. The summed E-state index contributed by atoms with van der Waals surface area (Å²) in [5.74, 6) is -0.368. The zero-order chi connectivity index (χ0) is 20.8. The molecule has 2 fully saturated rings. The lowest BCUT2D eigenvalue weighted by Crippen LogP contribution is -2.44. The van der Waals surface area contributed by atoms with E-state index in [4.69, 9.17) is 11.6 Å². The SMILES string of the molecule is O=C[C@H](C[C@@H]1CCNC1=O)NC(=O)[C@H](CC1CCCCC1)n1ccc(Cl)cc1=O. The predicted molar refractivity (Wildman–Crippen MR) is 110 cm³/mol. The second kappa shape index (κ2) is 10.1. The van der Waals surface area contributed by atoms with Gasteiger partial charge in [-0.1, -0.05) is 43.7 Å². The first-order chi connectivity index (χ1) is 14.0. The lowest BCUT2D eigenvalue weighted by Gasteiger charge is -2.28. The van der Waals surface area contributed by atoms with Gasteiger partial charge in [0.2, 0.25) is 11.8 Å². The van der Waals surface area contributed by atoms with Crippen LogP contribution < -0.4 is 16.2 Å². The molecule has 3 rings (SSSR count). The van der Waals surface area contributed by atoms with Gasteiger partial charge in [0.05, 0.1) is 6.04 Å². The Morgan fingerprint density at radius 2 is 2.00 bits per heavy atom. The standard InChI is InChI=1S/C21H28ClN3O4/c22-16-7-9-25(19(27)12-16)18(10-14-4-2-1-3-5-14)21(29)24-17(13-26)11-15-6-8-23-20(15)28/h7,9,12-15,17-18H,1-6,8,10-11H2,(H,23,28)(H,24,29)/t15-,17-,18-/m0/s1. The lowest BCUT2D eigenvalue weighted by molar-refractivity contribution is -0.128. The average Bonchev–Trinajstić information content (AvgIpc) is 3.11. The molecule has 1 aliphatic heterocycles. The molecule has 1 aliphatic carbocycles. The Hall–Kier alpha value is -2.15. The van der Waals surface area contributed by atoms with E-state index in [9.17, 15) is 19.2 Å². The van der Waals surface area contributed by atoms with Gasteiger partial charge in [0, 0.05) is 29.7 Å². The minimum absolute atomic E-state index is 0.0845. The van der Waals surface area contributed by atoms with Crippen LogP contribution in [0, 0.1) is 11.8 Å². The third-order valence-electron chi connectivity index (χ3n) is 6.02. The van der Waals surface area contributed by atoms with Crippen LogP contribution in [0.2, 0.25) is 5.02 Å². The van der Waals surface area contributed by atoms with Crippen molar-refractivity contribution in [3.8, 4) is 0 Å². The lowest BCUT2D eigenvalue weighted by atomic mass is 9.84.